The minimum atomic E-state index is -0.242. The number of carbonyl (C=O) groups excluding carboxylic acids is 2. The Balaban J connectivity index is 1.87. The van der Waals surface area contributed by atoms with Gasteiger partial charge in [-0.15, -0.1) is 0 Å². The SMILES string of the molecule is CC(=O)Nc1cccc(NCC(=O)Nc2cc(C)on2)c1. The van der Waals surface area contributed by atoms with E-state index in [1.807, 2.05) is 0 Å². The lowest BCUT2D eigenvalue weighted by Crippen LogP contribution is -2.21. The molecular weight excluding hydrogens is 272 g/mol. The molecule has 0 bridgehead atoms. The van der Waals surface area contributed by atoms with E-state index in [2.05, 4.69) is 21.1 Å². The van der Waals surface area contributed by atoms with Crippen molar-refractivity contribution < 1.29 is 14.1 Å². The molecule has 0 aliphatic rings. The maximum Gasteiger partial charge on any atom is 0.244 e. The maximum absolute atomic E-state index is 11.7. The number of hydrogen-bond donors (Lipinski definition) is 3. The van der Waals surface area contributed by atoms with Crippen molar-refractivity contribution in [2.24, 2.45) is 0 Å². The van der Waals surface area contributed by atoms with E-state index < -0.39 is 0 Å². The third-order valence-electron chi connectivity index (χ3n) is 2.53. The third-order valence-corrected chi connectivity index (χ3v) is 2.53. The first-order valence-electron chi connectivity index (χ1n) is 6.37. The number of amides is 2. The second-order valence-electron chi connectivity index (χ2n) is 4.49. The Morgan fingerprint density at radius 2 is 1.95 bits per heavy atom. The first-order valence-corrected chi connectivity index (χ1v) is 6.37. The van der Waals surface area contributed by atoms with Gasteiger partial charge in [0.2, 0.25) is 11.8 Å². The molecule has 0 atom stereocenters. The lowest BCUT2D eigenvalue weighted by atomic mass is 10.2. The van der Waals surface area contributed by atoms with Crippen molar-refractivity contribution in [1.29, 1.82) is 0 Å². The van der Waals surface area contributed by atoms with Gasteiger partial charge in [0.25, 0.3) is 0 Å². The predicted octanol–water partition coefficient (Wildman–Crippen LogP) is 1.99. The second kappa shape index (κ2) is 6.56. The minimum Gasteiger partial charge on any atom is -0.376 e. The summed E-state index contributed by atoms with van der Waals surface area (Å²) < 4.78 is 4.86. The lowest BCUT2D eigenvalue weighted by molar-refractivity contribution is -0.115. The fourth-order valence-electron chi connectivity index (χ4n) is 1.70. The van der Waals surface area contributed by atoms with Crippen LogP contribution in [-0.4, -0.2) is 23.5 Å². The van der Waals surface area contributed by atoms with Gasteiger partial charge in [-0.1, -0.05) is 11.2 Å². The highest BCUT2D eigenvalue weighted by Gasteiger charge is 2.06. The fraction of sp³-hybridized carbons (Fsp3) is 0.214. The standard InChI is InChI=1S/C14H16N4O3/c1-9-6-13(18-21-9)17-14(20)8-15-11-4-3-5-12(7-11)16-10(2)19/h3-7,15H,8H2,1-2H3,(H,16,19)(H,17,18,20). The van der Waals surface area contributed by atoms with Crippen molar-refractivity contribution in [2.75, 3.05) is 22.5 Å². The van der Waals surface area contributed by atoms with Crippen molar-refractivity contribution >= 4 is 29.0 Å². The van der Waals surface area contributed by atoms with Crippen LogP contribution in [0.3, 0.4) is 0 Å². The Bertz CT molecular complexity index is 651. The predicted molar refractivity (Wildman–Crippen MR) is 79.1 cm³/mol. The van der Waals surface area contributed by atoms with Gasteiger partial charge >= 0.3 is 0 Å². The Kier molecular flexibility index (Phi) is 4.55. The first kappa shape index (κ1) is 14.6. The molecular formula is C14H16N4O3. The molecule has 0 unspecified atom stereocenters. The Morgan fingerprint density at radius 3 is 2.62 bits per heavy atom. The molecule has 0 saturated heterocycles. The fourth-order valence-corrected chi connectivity index (χ4v) is 1.70. The van der Waals surface area contributed by atoms with Gasteiger partial charge in [0.05, 0.1) is 6.54 Å². The highest BCUT2D eigenvalue weighted by atomic mass is 16.5. The third kappa shape index (κ3) is 4.64. The van der Waals surface area contributed by atoms with Crippen LogP contribution in [0.2, 0.25) is 0 Å². The van der Waals surface area contributed by atoms with E-state index in [0.29, 0.717) is 17.3 Å². The molecule has 1 heterocycles. The number of carbonyl (C=O) groups is 2. The van der Waals surface area contributed by atoms with Gasteiger partial charge in [0, 0.05) is 24.4 Å². The van der Waals surface area contributed by atoms with E-state index in [-0.39, 0.29) is 18.4 Å². The van der Waals surface area contributed by atoms with Crippen LogP contribution in [0.25, 0.3) is 0 Å². The molecule has 0 saturated carbocycles. The van der Waals surface area contributed by atoms with Crippen molar-refractivity contribution in [3.63, 3.8) is 0 Å². The zero-order valence-electron chi connectivity index (χ0n) is 11.8. The molecule has 7 nitrogen and oxygen atoms in total. The van der Waals surface area contributed by atoms with E-state index in [9.17, 15) is 9.59 Å². The van der Waals surface area contributed by atoms with Crippen LogP contribution in [0, 0.1) is 6.92 Å². The summed E-state index contributed by atoms with van der Waals surface area (Å²) in [6.45, 7) is 3.26. The van der Waals surface area contributed by atoms with Gasteiger partial charge in [0.15, 0.2) is 5.82 Å². The molecule has 7 heteroatoms. The molecule has 0 aliphatic heterocycles. The molecule has 110 valence electrons. The van der Waals surface area contributed by atoms with Crippen LogP contribution in [0.1, 0.15) is 12.7 Å². The van der Waals surface area contributed by atoms with E-state index in [0.717, 1.165) is 5.69 Å². The van der Waals surface area contributed by atoms with E-state index in [1.165, 1.54) is 6.92 Å². The smallest absolute Gasteiger partial charge is 0.244 e. The number of anilines is 3. The lowest BCUT2D eigenvalue weighted by Gasteiger charge is -2.08. The summed E-state index contributed by atoms with van der Waals surface area (Å²) in [4.78, 5) is 22.7. The number of rotatable bonds is 5. The average Bonchev–Trinajstić information content (AvgIpc) is 2.81. The number of benzene rings is 1. The van der Waals surface area contributed by atoms with Gasteiger partial charge in [-0.05, 0) is 25.1 Å². The number of nitrogens with zero attached hydrogens (tertiary/aromatic N) is 1. The molecule has 0 spiro atoms. The zero-order chi connectivity index (χ0) is 15.2. The second-order valence-corrected chi connectivity index (χ2v) is 4.49. The molecule has 0 fully saturated rings. The van der Waals surface area contributed by atoms with Crippen molar-refractivity contribution in [2.45, 2.75) is 13.8 Å². The number of hydrogen-bond acceptors (Lipinski definition) is 5. The van der Waals surface area contributed by atoms with E-state index in [4.69, 9.17) is 4.52 Å². The summed E-state index contributed by atoms with van der Waals surface area (Å²) in [5.74, 6) is 0.618. The van der Waals surface area contributed by atoms with Gasteiger partial charge < -0.3 is 20.5 Å². The van der Waals surface area contributed by atoms with Crippen molar-refractivity contribution in [3.05, 3.63) is 36.1 Å². The Morgan fingerprint density at radius 1 is 1.19 bits per heavy atom. The zero-order valence-corrected chi connectivity index (χ0v) is 11.8. The van der Waals surface area contributed by atoms with Crippen LogP contribution in [0.4, 0.5) is 17.2 Å². The summed E-state index contributed by atoms with van der Waals surface area (Å²) in [5, 5.41) is 11.9. The number of aromatic nitrogens is 1. The van der Waals surface area contributed by atoms with Crippen molar-refractivity contribution in [1.82, 2.24) is 5.16 Å². The van der Waals surface area contributed by atoms with Gasteiger partial charge in [0.1, 0.15) is 5.76 Å². The van der Waals surface area contributed by atoms with Crippen LogP contribution < -0.4 is 16.0 Å². The van der Waals surface area contributed by atoms with Crippen molar-refractivity contribution in [3.8, 4) is 0 Å². The molecule has 3 N–H and O–H groups in total. The average molecular weight is 288 g/mol. The molecule has 1 aromatic heterocycles. The normalized spacial score (nSPS) is 10.0. The van der Waals surface area contributed by atoms with E-state index >= 15 is 0 Å². The van der Waals surface area contributed by atoms with Crippen LogP contribution in [0.5, 0.6) is 0 Å². The van der Waals surface area contributed by atoms with Crippen LogP contribution in [0.15, 0.2) is 34.9 Å². The Hall–Kier alpha value is -2.83. The quantitative estimate of drug-likeness (QED) is 0.782. The monoisotopic (exact) mass is 288 g/mol. The summed E-state index contributed by atoms with van der Waals surface area (Å²) in [7, 11) is 0. The summed E-state index contributed by atoms with van der Waals surface area (Å²) in [5.41, 5.74) is 1.40. The van der Waals surface area contributed by atoms with Crippen LogP contribution in [-0.2, 0) is 9.59 Å². The number of nitrogens with one attached hydrogen (secondary N) is 3. The molecule has 2 aromatic rings. The summed E-state index contributed by atoms with van der Waals surface area (Å²) in [6.07, 6.45) is 0. The first-order chi connectivity index (χ1) is 10.0. The van der Waals surface area contributed by atoms with Gasteiger partial charge in [-0.25, -0.2) is 0 Å². The van der Waals surface area contributed by atoms with Gasteiger partial charge in [-0.3, -0.25) is 9.59 Å². The maximum atomic E-state index is 11.7. The molecule has 0 aliphatic carbocycles. The molecule has 2 rings (SSSR count). The summed E-state index contributed by atoms with van der Waals surface area (Å²) >= 11 is 0. The highest BCUT2D eigenvalue weighted by Crippen LogP contribution is 2.14. The Labute approximate surface area is 121 Å². The molecule has 1 aromatic carbocycles. The van der Waals surface area contributed by atoms with Gasteiger partial charge in [-0.2, -0.15) is 0 Å². The summed E-state index contributed by atoms with van der Waals surface area (Å²) in [6, 6.07) is 8.74. The minimum absolute atomic E-state index is 0.0788. The number of aryl methyl sites for hydroxylation is 1. The molecule has 0 radical (unpaired) electrons. The molecule has 21 heavy (non-hydrogen) atoms. The topological polar surface area (TPSA) is 96.3 Å². The molecule has 2 amide bonds. The largest absolute Gasteiger partial charge is 0.376 e. The van der Waals surface area contributed by atoms with Crippen LogP contribution >= 0.6 is 0 Å². The van der Waals surface area contributed by atoms with E-state index in [1.54, 1.807) is 37.3 Å². The highest BCUT2D eigenvalue weighted by molar-refractivity contribution is 5.93.